The number of fused-ring (bicyclic) bond motifs is 1. The average molecular weight is 241 g/mol. The van der Waals surface area contributed by atoms with Crippen molar-refractivity contribution in [3.8, 4) is 0 Å². The zero-order chi connectivity index (χ0) is 12.7. The fraction of sp³-hybridized carbons (Fsp3) is 0.200. The van der Waals surface area contributed by atoms with E-state index in [0.29, 0.717) is 12.0 Å². The SMILES string of the molecule is CC1=NC=C(/C=C2\C(=O)Cc3ccc(F)cc32)C1. The lowest BCUT2D eigenvalue weighted by atomic mass is 10.0. The van der Waals surface area contributed by atoms with Crippen LogP contribution in [-0.4, -0.2) is 11.5 Å². The van der Waals surface area contributed by atoms with Gasteiger partial charge in [-0.2, -0.15) is 0 Å². The molecule has 0 fully saturated rings. The van der Waals surface area contributed by atoms with Crippen molar-refractivity contribution in [3.05, 3.63) is 53.0 Å². The first kappa shape index (κ1) is 11.1. The number of aliphatic imine (C=N–C) groups is 1. The van der Waals surface area contributed by atoms with Gasteiger partial charge in [0.2, 0.25) is 0 Å². The average Bonchev–Trinajstić information content (AvgIpc) is 2.86. The Morgan fingerprint density at radius 1 is 1.33 bits per heavy atom. The van der Waals surface area contributed by atoms with E-state index in [2.05, 4.69) is 4.99 Å². The Morgan fingerprint density at radius 2 is 2.17 bits per heavy atom. The minimum absolute atomic E-state index is 0.0565. The summed E-state index contributed by atoms with van der Waals surface area (Å²) in [5, 5.41) is 0. The van der Waals surface area contributed by atoms with Crippen molar-refractivity contribution in [1.82, 2.24) is 0 Å². The lowest BCUT2D eigenvalue weighted by Gasteiger charge is -2.01. The topological polar surface area (TPSA) is 29.4 Å². The maximum atomic E-state index is 13.3. The van der Waals surface area contributed by atoms with Crippen molar-refractivity contribution < 1.29 is 9.18 Å². The number of hydrogen-bond acceptors (Lipinski definition) is 2. The lowest BCUT2D eigenvalue weighted by molar-refractivity contribution is -0.112. The zero-order valence-electron chi connectivity index (χ0n) is 10.0. The summed E-state index contributed by atoms with van der Waals surface area (Å²) in [5.41, 5.74) is 4.29. The normalized spacial score (nSPS) is 20.1. The van der Waals surface area contributed by atoms with E-state index >= 15 is 0 Å². The van der Waals surface area contributed by atoms with Crippen LogP contribution in [0.2, 0.25) is 0 Å². The van der Waals surface area contributed by atoms with E-state index in [1.165, 1.54) is 12.1 Å². The van der Waals surface area contributed by atoms with Crippen LogP contribution in [0, 0.1) is 5.82 Å². The fourth-order valence-electron chi connectivity index (χ4n) is 2.38. The molecule has 0 bridgehead atoms. The summed E-state index contributed by atoms with van der Waals surface area (Å²) in [6.07, 6.45) is 4.75. The van der Waals surface area contributed by atoms with Crippen LogP contribution in [0.15, 0.2) is 41.0 Å². The molecule has 1 aromatic carbocycles. The number of hydrogen-bond donors (Lipinski definition) is 0. The van der Waals surface area contributed by atoms with Gasteiger partial charge in [-0.3, -0.25) is 9.79 Å². The van der Waals surface area contributed by atoms with Crippen LogP contribution in [0.5, 0.6) is 0 Å². The van der Waals surface area contributed by atoms with Gasteiger partial charge >= 0.3 is 0 Å². The first-order valence-electron chi connectivity index (χ1n) is 5.89. The number of rotatable bonds is 1. The van der Waals surface area contributed by atoms with Gasteiger partial charge in [-0.15, -0.1) is 0 Å². The Balaban J connectivity index is 2.02. The predicted octanol–water partition coefficient (Wildman–Crippen LogP) is 3.08. The third kappa shape index (κ3) is 1.82. The molecule has 2 nitrogen and oxygen atoms in total. The molecule has 1 aromatic rings. The van der Waals surface area contributed by atoms with E-state index < -0.39 is 0 Å². The van der Waals surface area contributed by atoms with Gasteiger partial charge in [0.1, 0.15) is 5.82 Å². The van der Waals surface area contributed by atoms with E-state index in [1.807, 2.05) is 13.0 Å². The van der Waals surface area contributed by atoms with Crippen molar-refractivity contribution in [2.75, 3.05) is 0 Å². The number of benzene rings is 1. The molecular formula is C15H12FNO. The highest BCUT2D eigenvalue weighted by Gasteiger charge is 2.25. The van der Waals surface area contributed by atoms with Crippen LogP contribution in [0.4, 0.5) is 4.39 Å². The maximum absolute atomic E-state index is 13.3. The van der Waals surface area contributed by atoms with Gasteiger partial charge in [0.15, 0.2) is 5.78 Å². The third-order valence-corrected chi connectivity index (χ3v) is 3.25. The van der Waals surface area contributed by atoms with Crippen LogP contribution in [0.25, 0.3) is 5.57 Å². The molecule has 18 heavy (non-hydrogen) atoms. The van der Waals surface area contributed by atoms with E-state index in [4.69, 9.17) is 0 Å². The molecular weight excluding hydrogens is 229 g/mol. The molecule has 2 aliphatic rings. The molecule has 0 N–H and O–H groups in total. The summed E-state index contributed by atoms with van der Waals surface area (Å²) < 4.78 is 13.3. The molecule has 0 saturated carbocycles. The summed E-state index contributed by atoms with van der Waals surface area (Å²) in [5.74, 6) is -0.247. The van der Waals surface area contributed by atoms with E-state index in [9.17, 15) is 9.18 Å². The molecule has 0 unspecified atom stereocenters. The van der Waals surface area contributed by atoms with Crippen molar-refractivity contribution in [2.24, 2.45) is 4.99 Å². The number of ketones is 1. The van der Waals surface area contributed by atoms with E-state index in [1.54, 1.807) is 12.3 Å². The first-order valence-corrected chi connectivity index (χ1v) is 5.89. The summed E-state index contributed by atoms with van der Waals surface area (Å²) in [6.45, 7) is 1.95. The lowest BCUT2D eigenvalue weighted by Crippen LogP contribution is -1.95. The molecule has 0 amide bonds. The smallest absolute Gasteiger partial charge is 0.167 e. The number of carbonyl (C=O) groups excluding carboxylic acids is 1. The van der Waals surface area contributed by atoms with E-state index in [-0.39, 0.29) is 11.6 Å². The minimum Gasteiger partial charge on any atom is -0.294 e. The number of Topliss-reactive ketones (excluding diaryl/α,β-unsaturated/α-hetero) is 1. The molecule has 3 rings (SSSR count). The quantitative estimate of drug-likeness (QED) is 0.695. The Bertz CT molecular complexity index is 638. The van der Waals surface area contributed by atoms with Gasteiger partial charge in [0, 0.05) is 30.3 Å². The molecule has 90 valence electrons. The summed E-state index contributed by atoms with van der Waals surface area (Å²) in [7, 11) is 0. The standard InChI is InChI=1S/C15H12FNO/c1-9-4-10(8-17-9)5-14-13-7-12(16)3-2-11(13)6-15(14)18/h2-3,5,7-8H,4,6H2,1H3/b14-5-. The molecule has 0 saturated heterocycles. The first-order chi connectivity index (χ1) is 8.63. The minimum atomic E-state index is -0.304. The van der Waals surface area contributed by atoms with Crippen LogP contribution >= 0.6 is 0 Å². The Morgan fingerprint density at radius 3 is 2.89 bits per heavy atom. The highest BCUT2D eigenvalue weighted by Crippen LogP contribution is 2.32. The van der Waals surface area contributed by atoms with E-state index in [0.717, 1.165) is 28.8 Å². The Labute approximate surface area is 105 Å². The van der Waals surface area contributed by atoms with Gasteiger partial charge < -0.3 is 0 Å². The molecule has 1 heterocycles. The van der Waals surface area contributed by atoms with Crippen LogP contribution in [0.3, 0.4) is 0 Å². The summed E-state index contributed by atoms with van der Waals surface area (Å²) in [6, 6.07) is 4.53. The predicted molar refractivity (Wildman–Crippen MR) is 68.9 cm³/mol. The van der Waals surface area contributed by atoms with Crippen LogP contribution in [0.1, 0.15) is 24.5 Å². The fourth-order valence-corrected chi connectivity index (χ4v) is 2.38. The summed E-state index contributed by atoms with van der Waals surface area (Å²) >= 11 is 0. The van der Waals surface area contributed by atoms with Crippen molar-refractivity contribution in [2.45, 2.75) is 19.8 Å². The van der Waals surface area contributed by atoms with Crippen molar-refractivity contribution in [1.29, 1.82) is 0 Å². The second kappa shape index (κ2) is 4.02. The maximum Gasteiger partial charge on any atom is 0.167 e. The molecule has 0 spiro atoms. The molecule has 0 atom stereocenters. The second-order valence-electron chi connectivity index (χ2n) is 4.70. The van der Waals surface area contributed by atoms with Gasteiger partial charge in [-0.25, -0.2) is 4.39 Å². The number of allylic oxidation sites excluding steroid dienone is 3. The largest absolute Gasteiger partial charge is 0.294 e. The van der Waals surface area contributed by atoms with Crippen LogP contribution < -0.4 is 0 Å². The number of halogens is 1. The molecule has 0 aromatic heterocycles. The number of carbonyl (C=O) groups is 1. The van der Waals surface area contributed by atoms with Crippen molar-refractivity contribution in [3.63, 3.8) is 0 Å². The molecule has 0 radical (unpaired) electrons. The van der Waals surface area contributed by atoms with Crippen LogP contribution in [-0.2, 0) is 11.2 Å². The molecule has 1 aliphatic carbocycles. The van der Waals surface area contributed by atoms with Gasteiger partial charge in [-0.1, -0.05) is 6.07 Å². The Hall–Kier alpha value is -2.03. The van der Waals surface area contributed by atoms with Gasteiger partial charge in [0.05, 0.1) is 0 Å². The molecule has 3 heteroatoms. The van der Waals surface area contributed by atoms with Crippen molar-refractivity contribution >= 4 is 17.1 Å². The highest BCUT2D eigenvalue weighted by molar-refractivity contribution is 6.25. The second-order valence-corrected chi connectivity index (χ2v) is 4.70. The zero-order valence-corrected chi connectivity index (χ0v) is 10.0. The molecule has 1 aliphatic heterocycles. The monoisotopic (exact) mass is 241 g/mol. The highest BCUT2D eigenvalue weighted by atomic mass is 19.1. The summed E-state index contributed by atoms with van der Waals surface area (Å²) in [4.78, 5) is 16.1. The third-order valence-electron chi connectivity index (χ3n) is 3.25. The Kier molecular flexibility index (Phi) is 2.47. The number of nitrogens with zero attached hydrogens (tertiary/aromatic N) is 1. The van der Waals surface area contributed by atoms with Gasteiger partial charge in [-0.05, 0) is 41.8 Å². The van der Waals surface area contributed by atoms with Gasteiger partial charge in [0.25, 0.3) is 0 Å².